The van der Waals surface area contributed by atoms with Gasteiger partial charge in [-0.1, -0.05) is 0 Å². The number of rotatable bonds is 5. The van der Waals surface area contributed by atoms with Gasteiger partial charge in [0.25, 0.3) is 0 Å². The number of nitrogens with zero attached hydrogens (tertiary/aromatic N) is 1. The normalized spacial score (nSPS) is 10.2. The predicted molar refractivity (Wildman–Crippen MR) is 54.1 cm³/mol. The number of aromatic nitrogens is 1. The summed E-state index contributed by atoms with van der Waals surface area (Å²) in [4.78, 5) is 3.96. The van der Waals surface area contributed by atoms with Crippen molar-refractivity contribution in [1.29, 1.82) is 0 Å². The van der Waals surface area contributed by atoms with Crippen molar-refractivity contribution in [2.75, 3.05) is 20.3 Å². The van der Waals surface area contributed by atoms with E-state index in [4.69, 9.17) is 9.47 Å². The van der Waals surface area contributed by atoms with Gasteiger partial charge in [-0.3, -0.25) is 0 Å². The fourth-order valence-corrected chi connectivity index (χ4v) is 1.19. The van der Waals surface area contributed by atoms with Gasteiger partial charge in [-0.05, 0) is 28.1 Å². The lowest BCUT2D eigenvalue weighted by atomic mass is 10.4. The summed E-state index contributed by atoms with van der Waals surface area (Å²) in [6.07, 6.45) is 0. The molecular weight excluding hydrogens is 253 g/mol. The molecule has 0 aliphatic heterocycles. The Bertz CT molecular complexity index is 296. The molecule has 1 aromatic heterocycles. The van der Waals surface area contributed by atoms with E-state index in [1.807, 2.05) is 0 Å². The molecule has 0 spiro atoms. The average molecular weight is 264 g/mol. The second-order valence-corrected chi connectivity index (χ2v) is 3.42. The highest BCUT2D eigenvalue weighted by Gasteiger charge is 2.04. The minimum atomic E-state index is -0.589. The summed E-state index contributed by atoms with van der Waals surface area (Å²) in [6.45, 7) is 0.291. The van der Waals surface area contributed by atoms with E-state index in [0.29, 0.717) is 29.3 Å². The van der Waals surface area contributed by atoms with Crippen LogP contribution in [0.5, 0.6) is 5.88 Å². The fourth-order valence-electron chi connectivity index (χ4n) is 0.859. The Hall–Kier alpha value is -0.680. The monoisotopic (exact) mass is 263 g/mol. The second-order valence-electron chi connectivity index (χ2n) is 2.56. The van der Waals surface area contributed by atoms with Gasteiger partial charge in [0.1, 0.15) is 13.3 Å². The van der Waals surface area contributed by atoms with Crippen LogP contribution in [0.2, 0.25) is 0 Å². The van der Waals surface area contributed by atoms with Crippen LogP contribution in [0.25, 0.3) is 0 Å². The predicted octanol–water partition coefficient (Wildman–Crippen LogP) is 2.34. The summed E-state index contributed by atoms with van der Waals surface area (Å²) in [5, 5.41) is 0. The molecule has 1 heterocycles. The maximum atomic E-state index is 12.3. The zero-order valence-electron chi connectivity index (χ0n) is 7.80. The van der Waals surface area contributed by atoms with Crippen molar-refractivity contribution < 1.29 is 13.9 Å². The first-order valence-corrected chi connectivity index (χ1v) is 4.90. The first-order valence-electron chi connectivity index (χ1n) is 4.11. The fraction of sp³-hybridized carbons (Fsp3) is 0.444. The van der Waals surface area contributed by atoms with Crippen LogP contribution in [0.1, 0.15) is 5.69 Å². The van der Waals surface area contributed by atoms with Gasteiger partial charge in [-0.25, -0.2) is 9.37 Å². The first-order chi connectivity index (χ1) is 6.77. The van der Waals surface area contributed by atoms with Crippen molar-refractivity contribution in [2.45, 2.75) is 6.67 Å². The highest BCUT2D eigenvalue weighted by molar-refractivity contribution is 9.10. The van der Waals surface area contributed by atoms with E-state index < -0.39 is 6.67 Å². The van der Waals surface area contributed by atoms with Crippen LogP contribution in [-0.4, -0.2) is 25.3 Å². The van der Waals surface area contributed by atoms with Gasteiger partial charge in [-0.2, -0.15) is 0 Å². The second kappa shape index (κ2) is 5.93. The molecule has 5 heteroatoms. The molecule has 0 unspecified atom stereocenters. The lowest BCUT2D eigenvalue weighted by Crippen LogP contribution is -2.06. The Morgan fingerprint density at radius 1 is 1.43 bits per heavy atom. The lowest BCUT2D eigenvalue weighted by Gasteiger charge is -2.07. The topological polar surface area (TPSA) is 31.4 Å². The third kappa shape index (κ3) is 3.23. The van der Waals surface area contributed by atoms with Crippen LogP contribution >= 0.6 is 15.9 Å². The molecule has 0 atom stereocenters. The maximum absolute atomic E-state index is 12.3. The number of halogens is 2. The first kappa shape index (κ1) is 11.4. The number of alkyl halides is 1. The average Bonchev–Trinajstić information content (AvgIpc) is 2.21. The van der Waals surface area contributed by atoms with E-state index in [0.717, 1.165) is 0 Å². The minimum Gasteiger partial charge on any atom is -0.474 e. The number of pyridine rings is 1. The van der Waals surface area contributed by atoms with Crippen LogP contribution < -0.4 is 4.74 Å². The summed E-state index contributed by atoms with van der Waals surface area (Å²) in [5.41, 5.74) is 0.362. The Morgan fingerprint density at radius 3 is 2.86 bits per heavy atom. The van der Waals surface area contributed by atoms with Gasteiger partial charge in [0.05, 0.1) is 16.8 Å². The SMILES string of the molecule is COCCOc1nc(CF)ccc1Br. The number of hydrogen-bond donors (Lipinski definition) is 0. The van der Waals surface area contributed by atoms with Gasteiger partial charge >= 0.3 is 0 Å². The zero-order chi connectivity index (χ0) is 10.4. The van der Waals surface area contributed by atoms with E-state index in [-0.39, 0.29) is 0 Å². The molecule has 1 rings (SSSR count). The Kier molecular flexibility index (Phi) is 4.82. The van der Waals surface area contributed by atoms with Crippen molar-refractivity contribution in [3.8, 4) is 5.88 Å². The zero-order valence-corrected chi connectivity index (χ0v) is 9.38. The smallest absolute Gasteiger partial charge is 0.228 e. The molecule has 0 aliphatic rings. The van der Waals surface area contributed by atoms with Crippen LogP contribution in [0.15, 0.2) is 16.6 Å². The number of methoxy groups -OCH3 is 1. The molecule has 0 aliphatic carbocycles. The molecule has 0 amide bonds. The lowest BCUT2D eigenvalue weighted by molar-refractivity contribution is 0.143. The van der Waals surface area contributed by atoms with Gasteiger partial charge in [0.2, 0.25) is 5.88 Å². The van der Waals surface area contributed by atoms with Crippen LogP contribution in [0.4, 0.5) is 4.39 Å². The van der Waals surface area contributed by atoms with Crippen molar-refractivity contribution in [1.82, 2.24) is 4.98 Å². The van der Waals surface area contributed by atoms with E-state index in [1.165, 1.54) is 0 Å². The van der Waals surface area contributed by atoms with E-state index in [2.05, 4.69) is 20.9 Å². The summed E-state index contributed by atoms with van der Waals surface area (Å²) in [5.74, 6) is 0.400. The molecule has 3 nitrogen and oxygen atoms in total. The molecule has 0 bridgehead atoms. The maximum Gasteiger partial charge on any atom is 0.228 e. The molecule has 0 aromatic carbocycles. The molecule has 14 heavy (non-hydrogen) atoms. The molecule has 78 valence electrons. The van der Waals surface area contributed by atoms with Gasteiger partial charge in [0, 0.05) is 7.11 Å². The molecule has 0 saturated heterocycles. The Morgan fingerprint density at radius 2 is 2.21 bits per heavy atom. The highest BCUT2D eigenvalue weighted by atomic mass is 79.9. The Labute approximate surface area is 90.4 Å². The molecule has 0 N–H and O–H groups in total. The van der Waals surface area contributed by atoms with E-state index in [9.17, 15) is 4.39 Å². The summed E-state index contributed by atoms with van der Waals surface area (Å²) in [7, 11) is 1.59. The van der Waals surface area contributed by atoms with Gasteiger partial charge in [0.15, 0.2) is 0 Å². The standard InChI is InChI=1S/C9H11BrFNO2/c1-13-4-5-14-9-8(10)3-2-7(6-11)12-9/h2-3H,4-6H2,1H3. The van der Waals surface area contributed by atoms with Crippen molar-refractivity contribution >= 4 is 15.9 Å². The van der Waals surface area contributed by atoms with Gasteiger partial charge < -0.3 is 9.47 Å². The Balaban J connectivity index is 2.64. The van der Waals surface area contributed by atoms with E-state index in [1.54, 1.807) is 19.2 Å². The van der Waals surface area contributed by atoms with Crippen LogP contribution in [0, 0.1) is 0 Å². The van der Waals surface area contributed by atoms with Crippen LogP contribution in [0.3, 0.4) is 0 Å². The summed E-state index contributed by atoms with van der Waals surface area (Å²) < 4.78 is 23.1. The molecule has 0 saturated carbocycles. The molecule has 0 radical (unpaired) electrons. The summed E-state index contributed by atoms with van der Waals surface area (Å²) in [6, 6.07) is 3.32. The highest BCUT2D eigenvalue weighted by Crippen LogP contribution is 2.22. The van der Waals surface area contributed by atoms with Crippen molar-refractivity contribution in [3.63, 3.8) is 0 Å². The quantitative estimate of drug-likeness (QED) is 0.765. The van der Waals surface area contributed by atoms with Crippen molar-refractivity contribution in [3.05, 3.63) is 22.3 Å². The third-order valence-electron chi connectivity index (χ3n) is 1.53. The van der Waals surface area contributed by atoms with Crippen molar-refractivity contribution in [2.24, 2.45) is 0 Å². The van der Waals surface area contributed by atoms with Crippen LogP contribution in [-0.2, 0) is 11.4 Å². The number of hydrogen-bond acceptors (Lipinski definition) is 3. The minimum absolute atomic E-state index is 0.362. The van der Waals surface area contributed by atoms with E-state index >= 15 is 0 Å². The molecular formula is C9H11BrFNO2. The van der Waals surface area contributed by atoms with Gasteiger partial charge in [-0.15, -0.1) is 0 Å². The largest absolute Gasteiger partial charge is 0.474 e. The molecule has 1 aromatic rings. The third-order valence-corrected chi connectivity index (χ3v) is 2.14. The molecule has 0 fully saturated rings. The summed E-state index contributed by atoms with van der Waals surface area (Å²) >= 11 is 3.26. The number of ether oxygens (including phenoxy) is 2.